The first-order valence-electron chi connectivity index (χ1n) is 4.70. The third-order valence-electron chi connectivity index (χ3n) is 2.14. The molecule has 2 heterocycles. The van der Waals surface area contributed by atoms with Crippen molar-refractivity contribution in [2.75, 3.05) is 12.1 Å². The van der Waals surface area contributed by atoms with E-state index in [2.05, 4.69) is 4.98 Å². The van der Waals surface area contributed by atoms with Crippen molar-refractivity contribution in [2.45, 2.75) is 0 Å². The Hall–Kier alpha value is -1.32. The zero-order chi connectivity index (χ0) is 11.5. The van der Waals surface area contributed by atoms with Gasteiger partial charge in [0.2, 0.25) is 5.82 Å². The highest BCUT2D eigenvalue weighted by atomic mass is 35.5. The highest BCUT2D eigenvalue weighted by Crippen LogP contribution is 2.23. The van der Waals surface area contributed by atoms with Crippen LogP contribution in [0.2, 0.25) is 10.0 Å². The summed E-state index contributed by atoms with van der Waals surface area (Å²) >= 11 is 11.9. The molecule has 0 aliphatic rings. The van der Waals surface area contributed by atoms with Crippen molar-refractivity contribution in [1.29, 1.82) is 0 Å². The molecule has 0 unspecified atom stereocenters. The number of nitrogens with zero attached hydrogens (tertiary/aromatic N) is 3. The summed E-state index contributed by atoms with van der Waals surface area (Å²) in [6.45, 7) is 0. The molecule has 2 aromatic heterocycles. The first-order chi connectivity index (χ1) is 7.68. The van der Waals surface area contributed by atoms with Crippen LogP contribution in [-0.4, -0.2) is 12.0 Å². The number of halogens is 2. The Bertz CT molecular complexity index is 488. The number of hydrogen-bond donors (Lipinski definition) is 0. The summed E-state index contributed by atoms with van der Waals surface area (Å²) in [5.41, 5.74) is 0. The quantitative estimate of drug-likeness (QED) is 0.768. The molecule has 3 nitrogen and oxygen atoms in total. The molecular weight excluding hydrogens is 245 g/mol. The van der Waals surface area contributed by atoms with Gasteiger partial charge in [0.15, 0.2) is 12.4 Å². The Balaban J connectivity index is 2.38. The molecule has 0 spiro atoms. The molecule has 0 bridgehead atoms. The maximum Gasteiger partial charge on any atom is 0.206 e. The van der Waals surface area contributed by atoms with Gasteiger partial charge in [0, 0.05) is 18.3 Å². The fourth-order valence-corrected chi connectivity index (χ4v) is 1.85. The lowest BCUT2D eigenvalue weighted by Crippen LogP contribution is -2.51. The Morgan fingerprint density at radius 1 is 1.19 bits per heavy atom. The second kappa shape index (κ2) is 4.68. The molecule has 82 valence electrons. The number of anilines is 1. The number of aromatic nitrogens is 2. The summed E-state index contributed by atoms with van der Waals surface area (Å²) in [7, 11) is 1.88. The van der Waals surface area contributed by atoms with Crippen LogP contribution in [0.5, 0.6) is 0 Å². The first-order valence-corrected chi connectivity index (χ1v) is 5.45. The van der Waals surface area contributed by atoms with Gasteiger partial charge in [-0.3, -0.25) is 0 Å². The third kappa shape index (κ3) is 2.26. The van der Waals surface area contributed by atoms with E-state index in [1.54, 1.807) is 12.3 Å². The summed E-state index contributed by atoms with van der Waals surface area (Å²) in [4.78, 5) is 4.20. The Kier molecular flexibility index (Phi) is 3.27. The lowest BCUT2D eigenvalue weighted by Gasteiger charge is -2.12. The summed E-state index contributed by atoms with van der Waals surface area (Å²) in [6, 6.07) is 7.48. The van der Waals surface area contributed by atoms with Crippen LogP contribution in [-0.2, 0) is 0 Å². The van der Waals surface area contributed by atoms with Gasteiger partial charge >= 0.3 is 0 Å². The van der Waals surface area contributed by atoms with Gasteiger partial charge in [0.1, 0.15) is 0 Å². The molecule has 0 atom stereocenters. The van der Waals surface area contributed by atoms with E-state index in [9.17, 15) is 0 Å². The smallest absolute Gasteiger partial charge is 0.206 e. The molecule has 2 aromatic rings. The van der Waals surface area contributed by atoms with Gasteiger partial charge in [0.25, 0.3) is 0 Å². The average molecular weight is 255 g/mol. The maximum absolute atomic E-state index is 6.07. The predicted octanol–water partition coefficient (Wildman–Crippen LogP) is 2.58. The van der Waals surface area contributed by atoms with Crippen LogP contribution < -0.4 is 9.69 Å². The molecule has 0 N–H and O–H groups in total. The standard InChI is InChI=1S/C11H10Cl2N3/c1-15(16-5-3-2-4-6-16)11-10(13)7-9(12)8-14-11/h2-8H,1H3/q+1. The molecule has 0 saturated heterocycles. The lowest BCUT2D eigenvalue weighted by atomic mass is 10.4. The largest absolute Gasteiger partial charge is 0.231 e. The predicted molar refractivity (Wildman–Crippen MR) is 64.7 cm³/mol. The van der Waals surface area contributed by atoms with E-state index in [1.165, 1.54) is 0 Å². The normalized spacial score (nSPS) is 10.2. The van der Waals surface area contributed by atoms with Crippen molar-refractivity contribution in [3.05, 3.63) is 52.9 Å². The van der Waals surface area contributed by atoms with Crippen molar-refractivity contribution in [2.24, 2.45) is 0 Å². The maximum atomic E-state index is 6.07. The number of rotatable bonds is 2. The van der Waals surface area contributed by atoms with Gasteiger partial charge < -0.3 is 0 Å². The van der Waals surface area contributed by atoms with Gasteiger partial charge in [-0.05, 0) is 6.07 Å². The fraction of sp³-hybridized carbons (Fsp3) is 0.0909. The Morgan fingerprint density at radius 2 is 1.88 bits per heavy atom. The first kappa shape index (κ1) is 11.2. The highest BCUT2D eigenvalue weighted by Gasteiger charge is 2.15. The van der Waals surface area contributed by atoms with E-state index < -0.39 is 0 Å². The molecular formula is C11H10Cl2N3+. The number of hydrogen-bond acceptors (Lipinski definition) is 2. The molecule has 0 radical (unpaired) electrons. The molecule has 0 aromatic carbocycles. The molecule has 0 aliphatic heterocycles. The minimum atomic E-state index is 0.520. The van der Waals surface area contributed by atoms with Gasteiger partial charge in [0.05, 0.1) is 17.1 Å². The minimum absolute atomic E-state index is 0.520. The molecule has 2 rings (SSSR count). The van der Waals surface area contributed by atoms with E-state index >= 15 is 0 Å². The molecule has 16 heavy (non-hydrogen) atoms. The minimum Gasteiger partial charge on any atom is -0.231 e. The van der Waals surface area contributed by atoms with Gasteiger partial charge in [-0.2, -0.15) is 0 Å². The summed E-state index contributed by atoms with van der Waals surface area (Å²) < 4.78 is 1.88. The fourth-order valence-electron chi connectivity index (χ4n) is 1.34. The van der Waals surface area contributed by atoms with Gasteiger partial charge in [-0.25, -0.2) is 4.98 Å². The van der Waals surface area contributed by atoms with Gasteiger partial charge in [-0.15, -0.1) is 5.01 Å². The summed E-state index contributed by atoms with van der Waals surface area (Å²) in [6.07, 6.45) is 5.39. The Morgan fingerprint density at radius 3 is 2.50 bits per heavy atom. The molecule has 0 amide bonds. The summed E-state index contributed by atoms with van der Waals surface area (Å²) in [5, 5.41) is 2.88. The van der Waals surface area contributed by atoms with E-state index in [4.69, 9.17) is 23.2 Å². The van der Waals surface area contributed by atoms with Crippen LogP contribution in [0.25, 0.3) is 0 Å². The van der Waals surface area contributed by atoms with Crippen LogP contribution in [0.4, 0.5) is 5.82 Å². The molecule has 0 fully saturated rings. The molecule has 0 saturated carbocycles. The molecule has 5 heteroatoms. The summed E-state index contributed by atoms with van der Waals surface area (Å²) in [5.74, 6) is 0.655. The van der Waals surface area contributed by atoms with Crippen molar-refractivity contribution < 1.29 is 4.68 Å². The SMILES string of the molecule is CN(c1ncc(Cl)cc1Cl)[n+]1ccccc1. The van der Waals surface area contributed by atoms with Crippen molar-refractivity contribution in [1.82, 2.24) is 4.98 Å². The lowest BCUT2D eigenvalue weighted by molar-refractivity contribution is -0.681. The van der Waals surface area contributed by atoms with E-state index in [-0.39, 0.29) is 0 Å². The van der Waals surface area contributed by atoms with Crippen LogP contribution >= 0.6 is 23.2 Å². The third-order valence-corrected chi connectivity index (χ3v) is 2.63. The molecule has 0 aliphatic carbocycles. The van der Waals surface area contributed by atoms with Crippen molar-refractivity contribution in [3.63, 3.8) is 0 Å². The second-order valence-electron chi connectivity index (χ2n) is 3.24. The zero-order valence-corrected chi connectivity index (χ0v) is 10.2. The van der Waals surface area contributed by atoms with Crippen LogP contribution in [0.1, 0.15) is 0 Å². The topological polar surface area (TPSA) is 20.0 Å². The zero-order valence-electron chi connectivity index (χ0n) is 8.64. The Labute approximate surface area is 104 Å². The van der Waals surface area contributed by atoms with Gasteiger partial charge in [-0.1, -0.05) is 33.9 Å². The van der Waals surface area contributed by atoms with E-state index in [1.807, 2.05) is 47.3 Å². The van der Waals surface area contributed by atoms with Crippen LogP contribution in [0, 0.1) is 0 Å². The number of pyridine rings is 2. The van der Waals surface area contributed by atoms with E-state index in [0.29, 0.717) is 15.9 Å². The van der Waals surface area contributed by atoms with Crippen molar-refractivity contribution in [3.8, 4) is 0 Å². The monoisotopic (exact) mass is 254 g/mol. The highest BCUT2D eigenvalue weighted by molar-refractivity contribution is 6.35. The average Bonchev–Trinajstić information content (AvgIpc) is 2.29. The van der Waals surface area contributed by atoms with E-state index in [0.717, 1.165) is 0 Å². The van der Waals surface area contributed by atoms with Crippen molar-refractivity contribution >= 4 is 29.0 Å². The van der Waals surface area contributed by atoms with Crippen LogP contribution in [0.3, 0.4) is 0 Å². The second-order valence-corrected chi connectivity index (χ2v) is 4.08. The van der Waals surface area contributed by atoms with Crippen LogP contribution in [0.15, 0.2) is 42.9 Å².